The summed E-state index contributed by atoms with van der Waals surface area (Å²) in [5, 5.41) is 40.4. The van der Waals surface area contributed by atoms with Crippen molar-refractivity contribution < 1.29 is 63.0 Å². The Hall–Kier alpha value is -5.70. The van der Waals surface area contributed by atoms with E-state index in [4.69, 9.17) is 18.9 Å². The molecular weight excluding hydrogens is 799 g/mol. The Labute approximate surface area is 359 Å². The number of ether oxygens (including phenoxy) is 4. The van der Waals surface area contributed by atoms with E-state index in [9.17, 15) is 39.3 Å². The highest BCUT2D eigenvalue weighted by Crippen LogP contribution is 2.67. The first kappa shape index (κ1) is 44.4. The zero-order chi connectivity index (χ0) is 44.9. The number of fused-ring (bicyclic) bond motifs is 5. The van der Waals surface area contributed by atoms with Crippen LogP contribution in [0.25, 0.3) is 0 Å². The minimum absolute atomic E-state index is 0.0134. The molecule has 7 rings (SSSR count). The van der Waals surface area contributed by atoms with E-state index in [1.807, 2.05) is 0 Å². The van der Waals surface area contributed by atoms with E-state index in [1.54, 1.807) is 99.6 Å². The van der Waals surface area contributed by atoms with Crippen LogP contribution in [0.4, 0.5) is 0 Å². The molecule has 11 atom stereocenters. The van der Waals surface area contributed by atoms with Gasteiger partial charge in [-0.1, -0.05) is 80.6 Å². The summed E-state index contributed by atoms with van der Waals surface area (Å²) >= 11 is 0. The van der Waals surface area contributed by atoms with Crippen molar-refractivity contribution in [2.75, 3.05) is 0 Å². The number of ketones is 1. The SMILES string of the molecule is CC(=O)O[C@H]1C(=O)[C@@]2(C)C([C@H](OC(=O)c3ccccc3)[C@]3(O)CC(OC(=O)C(O)[C@@H](NC(=O)c4ccccc4)c4ccccc4)C(C)=C1C3(C)C)[C@]1(OC(C)=O)CC[C@@H]1C[C@@H]2O. The zero-order valence-electron chi connectivity index (χ0n) is 35.5. The summed E-state index contributed by atoms with van der Waals surface area (Å²) in [6, 6.07) is 23.1. The molecule has 3 aromatic rings. The quantitative estimate of drug-likeness (QED) is 0.123. The van der Waals surface area contributed by atoms with Crippen LogP contribution in [0.2, 0.25) is 0 Å². The number of nitrogens with one attached hydrogen (secondary N) is 1. The normalized spacial score (nSPS) is 31.9. The number of Topliss-reactive ketones (excluding diaryl/α,β-unsaturated/α-hetero) is 1. The molecule has 14 nitrogen and oxygen atoms in total. The van der Waals surface area contributed by atoms with E-state index in [0.29, 0.717) is 12.0 Å². The van der Waals surface area contributed by atoms with Gasteiger partial charge in [0.2, 0.25) is 0 Å². The number of hydrogen-bond acceptors (Lipinski definition) is 13. The van der Waals surface area contributed by atoms with Gasteiger partial charge in [0.25, 0.3) is 5.91 Å². The number of aliphatic hydroxyl groups is 3. The third-order valence-corrected chi connectivity index (χ3v) is 14.1. The first-order chi connectivity index (χ1) is 29.3. The topological polar surface area (TPSA) is 212 Å². The van der Waals surface area contributed by atoms with Gasteiger partial charge in [0, 0.05) is 37.2 Å². The van der Waals surface area contributed by atoms with Crippen LogP contribution in [0.15, 0.2) is 102 Å². The van der Waals surface area contributed by atoms with Crippen molar-refractivity contribution in [2.24, 2.45) is 22.7 Å². The maximum atomic E-state index is 15.5. The van der Waals surface area contributed by atoms with Gasteiger partial charge in [0.1, 0.15) is 23.4 Å². The van der Waals surface area contributed by atoms with Crippen molar-refractivity contribution in [3.05, 3.63) is 119 Å². The van der Waals surface area contributed by atoms with Gasteiger partial charge in [-0.2, -0.15) is 0 Å². The molecule has 0 aromatic heterocycles. The lowest BCUT2D eigenvalue weighted by Gasteiger charge is -2.68. The fourth-order valence-corrected chi connectivity index (χ4v) is 10.7. The Morgan fingerprint density at radius 1 is 0.806 bits per heavy atom. The summed E-state index contributed by atoms with van der Waals surface area (Å²) in [7, 11) is 0. The van der Waals surface area contributed by atoms with Crippen LogP contribution in [-0.2, 0) is 38.1 Å². The average molecular weight is 852 g/mol. The fraction of sp³-hybridized carbons (Fsp3) is 0.458. The zero-order valence-corrected chi connectivity index (χ0v) is 35.5. The summed E-state index contributed by atoms with van der Waals surface area (Å²) in [6.45, 7) is 8.50. The van der Waals surface area contributed by atoms with Gasteiger partial charge >= 0.3 is 23.9 Å². The maximum Gasteiger partial charge on any atom is 0.338 e. The van der Waals surface area contributed by atoms with Gasteiger partial charge < -0.3 is 39.6 Å². The third kappa shape index (κ3) is 7.31. The van der Waals surface area contributed by atoms with Gasteiger partial charge in [-0.05, 0) is 74.1 Å². The van der Waals surface area contributed by atoms with Crippen molar-refractivity contribution in [1.29, 1.82) is 0 Å². The molecular formula is C48H53NO13. The Morgan fingerprint density at radius 2 is 1.39 bits per heavy atom. The van der Waals surface area contributed by atoms with Crippen molar-refractivity contribution in [1.82, 2.24) is 5.32 Å². The lowest BCUT2D eigenvalue weighted by molar-refractivity contribution is -0.296. The molecule has 14 heteroatoms. The minimum Gasteiger partial charge on any atom is -0.458 e. The Balaban J connectivity index is 1.39. The van der Waals surface area contributed by atoms with Gasteiger partial charge in [-0.3, -0.25) is 19.2 Å². The number of aliphatic hydroxyl groups excluding tert-OH is 2. The number of carbonyl (C=O) groups excluding carboxylic acids is 6. The van der Waals surface area contributed by atoms with Crippen LogP contribution < -0.4 is 5.32 Å². The maximum absolute atomic E-state index is 15.5. The molecule has 0 radical (unpaired) electrons. The van der Waals surface area contributed by atoms with Crippen molar-refractivity contribution in [2.45, 2.75) is 115 Å². The highest BCUT2D eigenvalue weighted by molar-refractivity contribution is 5.96. The van der Waals surface area contributed by atoms with Crippen LogP contribution in [0, 0.1) is 22.7 Å². The van der Waals surface area contributed by atoms with Gasteiger partial charge in [0.05, 0.1) is 29.0 Å². The molecule has 4 aliphatic carbocycles. The van der Waals surface area contributed by atoms with E-state index in [2.05, 4.69) is 5.32 Å². The third-order valence-electron chi connectivity index (χ3n) is 14.1. The summed E-state index contributed by atoms with van der Waals surface area (Å²) in [6.07, 6.45) is -8.27. The predicted octanol–water partition coefficient (Wildman–Crippen LogP) is 4.75. The van der Waals surface area contributed by atoms with E-state index < -0.39 is 112 Å². The lowest BCUT2D eigenvalue weighted by atomic mass is 9.41. The monoisotopic (exact) mass is 851 g/mol. The lowest BCUT2D eigenvalue weighted by Crippen LogP contribution is -2.78. The molecule has 62 heavy (non-hydrogen) atoms. The van der Waals surface area contributed by atoms with Crippen LogP contribution in [-0.4, -0.2) is 92.6 Å². The number of carbonyl (C=O) groups is 6. The Kier molecular flexibility index (Phi) is 11.8. The van der Waals surface area contributed by atoms with Crippen LogP contribution in [0.5, 0.6) is 0 Å². The molecule has 4 aliphatic rings. The Bertz CT molecular complexity index is 2280. The summed E-state index contributed by atoms with van der Waals surface area (Å²) < 4.78 is 24.6. The van der Waals surface area contributed by atoms with Gasteiger partial charge in [-0.25, -0.2) is 9.59 Å². The first-order valence-electron chi connectivity index (χ1n) is 20.9. The molecule has 4 N–H and O–H groups in total. The van der Waals surface area contributed by atoms with E-state index in [1.165, 1.54) is 26.0 Å². The smallest absolute Gasteiger partial charge is 0.338 e. The first-order valence-corrected chi connectivity index (χ1v) is 20.9. The van der Waals surface area contributed by atoms with Crippen LogP contribution >= 0.6 is 0 Å². The molecule has 328 valence electrons. The summed E-state index contributed by atoms with van der Waals surface area (Å²) in [5.74, 6) is -7.00. The molecule has 1 amide bonds. The van der Waals surface area contributed by atoms with Crippen LogP contribution in [0.1, 0.15) is 99.5 Å². The van der Waals surface area contributed by atoms with E-state index >= 15 is 4.79 Å². The van der Waals surface area contributed by atoms with Crippen molar-refractivity contribution in [3.63, 3.8) is 0 Å². The second-order valence-corrected chi connectivity index (χ2v) is 17.8. The standard InChI is InChI=1S/C48H53NO13/c1-26-33(60-44(57)37(53)36(29-16-10-7-11-17-29)49-42(55)30-18-12-8-13-19-30)25-48(58)41(61-43(56)31-20-14-9-15-21-31)39-46(6,34(52)24-32-22-23-47(32,39)62-28(3)51)40(54)38(59-27(2)50)35(26)45(48,4)5/h7-21,32-34,36-39,41,52-53,58H,22-25H2,1-6H3,(H,49,55)/t32-,33?,34+,36+,37?,38-,39?,41+,46-,47+,48-/m1/s1. The molecule has 0 saturated heterocycles. The fourth-order valence-electron chi connectivity index (χ4n) is 10.7. The molecule has 0 heterocycles. The predicted molar refractivity (Wildman–Crippen MR) is 221 cm³/mol. The van der Waals surface area contributed by atoms with Crippen LogP contribution in [0.3, 0.4) is 0 Å². The molecule has 2 bridgehead atoms. The summed E-state index contributed by atoms with van der Waals surface area (Å²) in [4.78, 5) is 83.6. The molecule has 3 saturated carbocycles. The highest BCUT2D eigenvalue weighted by Gasteiger charge is 2.77. The minimum atomic E-state index is -2.34. The highest BCUT2D eigenvalue weighted by atomic mass is 16.6. The number of amides is 1. The molecule has 0 aliphatic heterocycles. The molecule has 3 unspecified atom stereocenters. The van der Waals surface area contributed by atoms with Gasteiger partial charge in [0.15, 0.2) is 18.0 Å². The largest absolute Gasteiger partial charge is 0.458 e. The van der Waals surface area contributed by atoms with Crippen molar-refractivity contribution >= 4 is 35.6 Å². The van der Waals surface area contributed by atoms with Gasteiger partial charge in [-0.15, -0.1) is 0 Å². The molecule has 3 fully saturated rings. The second kappa shape index (κ2) is 16.5. The number of benzene rings is 3. The molecule has 0 spiro atoms. The number of hydrogen-bond donors (Lipinski definition) is 4. The summed E-state index contributed by atoms with van der Waals surface area (Å²) in [5.41, 5.74) is -6.51. The van der Waals surface area contributed by atoms with E-state index in [0.717, 1.165) is 6.92 Å². The number of esters is 4. The molecule has 3 aromatic carbocycles. The van der Waals surface area contributed by atoms with Crippen molar-refractivity contribution in [3.8, 4) is 0 Å². The number of rotatable bonds is 10. The average Bonchev–Trinajstić information content (AvgIpc) is 3.24. The van der Waals surface area contributed by atoms with E-state index in [-0.39, 0.29) is 35.1 Å². The Morgan fingerprint density at radius 3 is 1.94 bits per heavy atom. The second-order valence-electron chi connectivity index (χ2n) is 17.8.